The van der Waals surface area contributed by atoms with Crippen molar-refractivity contribution in [1.29, 1.82) is 0 Å². The summed E-state index contributed by atoms with van der Waals surface area (Å²) in [6, 6.07) is 8.91. The van der Waals surface area contributed by atoms with Crippen molar-refractivity contribution in [3.05, 3.63) is 35.9 Å². The van der Waals surface area contributed by atoms with Crippen LogP contribution in [0.5, 0.6) is 0 Å². The molecule has 0 aromatic heterocycles. The second kappa shape index (κ2) is 5.75. The Kier molecular flexibility index (Phi) is 4.07. The molecule has 1 aromatic carbocycles. The minimum absolute atomic E-state index is 0.199. The molecule has 0 saturated carbocycles. The number of carbonyl (C=O) groups excluding carboxylic acids is 2. The topological polar surface area (TPSA) is 75.4 Å². The molecule has 18 heavy (non-hydrogen) atoms. The molecule has 5 heteroatoms. The van der Waals surface area contributed by atoms with Gasteiger partial charge in [0.05, 0.1) is 12.6 Å². The second-order valence-electron chi connectivity index (χ2n) is 4.36. The molecule has 3 N–H and O–H groups in total. The Labute approximate surface area is 106 Å². The summed E-state index contributed by atoms with van der Waals surface area (Å²) in [6.45, 7) is 1.25. The number of benzene rings is 1. The quantitative estimate of drug-likeness (QED) is 0.756. The first-order valence-corrected chi connectivity index (χ1v) is 6.03. The zero-order valence-electron chi connectivity index (χ0n) is 10.1. The summed E-state index contributed by atoms with van der Waals surface area (Å²) in [5, 5.41) is 2.92. The highest BCUT2D eigenvalue weighted by Gasteiger charge is 2.28. The number of nitrogens with two attached hydrogens (primary N) is 1. The number of carbonyl (C=O) groups is 2. The molecule has 0 radical (unpaired) electrons. The number of nitrogens with zero attached hydrogens (tertiary/aromatic N) is 1. The molecule has 1 aromatic rings. The summed E-state index contributed by atoms with van der Waals surface area (Å²) < 4.78 is 0. The van der Waals surface area contributed by atoms with Gasteiger partial charge in [0.25, 0.3) is 0 Å². The Morgan fingerprint density at radius 2 is 2.11 bits per heavy atom. The number of nitrogens with one attached hydrogen (secondary N) is 1. The lowest BCUT2D eigenvalue weighted by molar-refractivity contribution is -0.146. The van der Waals surface area contributed by atoms with E-state index >= 15 is 0 Å². The molecule has 1 aliphatic rings. The van der Waals surface area contributed by atoms with E-state index < -0.39 is 6.04 Å². The van der Waals surface area contributed by atoms with Gasteiger partial charge >= 0.3 is 0 Å². The van der Waals surface area contributed by atoms with Crippen molar-refractivity contribution in [2.75, 3.05) is 19.6 Å². The minimum Gasteiger partial charge on any atom is -0.320 e. The summed E-state index contributed by atoms with van der Waals surface area (Å²) in [6.07, 6.45) is 0.455. The Balaban J connectivity index is 1.98. The maximum Gasteiger partial charge on any atom is 0.246 e. The van der Waals surface area contributed by atoms with Gasteiger partial charge in [0.1, 0.15) is 0 Å². The van der Waals surface area contributed by atoms with Crippen LogP contribution >= 0.6 is 0 Å². The van der Waals surface area contributed by atoms with Gasteiger partial charge in [-0.25, -0.2) is 0 Å². The predicted molar refractivity (Wildman–Crippen MR) is 67.7 cm³/mol. The van der Waals surface area contributed by atoms with Gasteiger partial charge in [0.15, 0.2) is 0 Å². The van der Waals surface area contributed by atoms with Crippen LogP contribution in [-0.2, 0) is 16.0 Å². The zero-order chi connectivity index (χ0) is 13.0. The molecule has 0 aliphatic carbocycles. The van der Waals surface area contributed by atoms with E-state index in [9.17, 15) is 9.59 Å². The smallest absolute Gasteiger partial charge is 0.246 e. The van der Waals surface area contributed by atoms with Crippen molar-refractivity contribution in [2.24, 2.45) is 5.73 Å². The largest absolute Gasteiger partial charge is 0.320 e. The van der Waals surface area contributed by atoms with E-state index in [4.69, 9.17) is 5.73 Å². The summed E-state index contributed by atoms with van der Waals surface area (Å²) >= 11 is 0. The first kappa shape index (κ1) is 12.7. The fourth-order valence-corrected chi connectivity index (χ4v) is 1.99. The number of imide groups is 1. The Bertz CT molecular complexity index is 433. The molecule has 1 heterocycles. The maximum atomic E-state index is 12.1. The van der Waals surface area contributed by atoms with Gasteiger partial charge in [-0.3, -0.25) is 14.5 Å². The standard InChI is InChI=1S/C13H17N3O2/c14-11(8-10-4-2-1-3-5-10)13(18)16-7-6-15-9-12(16)17/h1-5,11,15H,6-9,14H2/t11-/m0/s1. The molecule has 0 unspecified atom stereocenters. The number of amides is 2. The Morgan fingerprint density at radius 3 is 2.78 bits per heavy atom. The average Bonchev–Trinajstić information content (AvgIpc) is 2.39. The van der Waals surface area contributed by atoms with E-state index in [1.807, 2.05) is 30.3 Å². The van der Waals surface area contributed by atoms with Crippen LogP contribution in [0.1, 0.15) is 5.56 Å². The SMILES string of the molecule is N[C@@H](Cc1ccccc1)C(=O)N1CCNCC1=O. The Hall–Kier alpha value is -1.72. The van der Waals surface area contributed by atoms with Crippen LogP contribution in [0.2, 0.25) is 0 Å². The van der Waals surface area contributed by atoms with Crippen LogP contribution in [0.25, 0.3) is 0 Å². The lowest BCUT2D eigenvalue weighted by Gasteiger charge is -2.27. The van der Waals surface area contributed by atoms with Crippen molar-refractivity contribution in [2.45, 2.75) is 12.5 Å². The molecule has 0 spiro atoms. The highest BCUT2D eigenvalue weighted by Crippen LogP contribution is 2.05. The molecular formula is C13H17N3O2. The Morgan fingerprint density at radius 1 is 1.39 bits per heavy atom. The zero-order valence-corrected chi connectivity index (χ0v) is 10.1. The van der Waals surface area contributed by atoms with Crippen molar-refractivity contribution in [3.63, 3.8) is 0 Å². The number of piperazine rings is 1. The van der Waals surface area contributed by atoms with Crippen molar-refractivity contribution >= 4 is 11.8 Å². The molecule has 1 fully saturated rings. The lowest BCUT2D eigenvalue weighted by Crippen LogP contribution is -2.55. The van der Waals surface area contributed by atoms with Gasteiger partial charge in [-0.05, 0) is 12.0 Å². The first-order valence-electron chi connectivity index (χ1n) is 6.03. The predicted octanol–water partition coefficient (Wildman–Crippen LogP) is -0.485. The molecule has 1 atom stereocenters. The van der Waals surface area contributed by atoms with Gasteiger partial charge in [0, 0.05) is 13.1 Å². The molecular weight excluding hydrogens is 230 g/mol. The van der Waals surface area contributed by atoms with E-state index in [0.29, 0.717) is 19.5 Å². The average molecular weight is 247 g/mol. The molecule has 2 rings (SSSR count). The third kappa shape index (κ3) is 2.94. The minimum atomic E-state index is -0.658. The van der Waals surface area contributed by atoms with Crippen LogP contribution in [-0.4, -0.2) is 42.4 Å². The van der Waals surface area contributed by atoms with Crippen molar-refractivity contribution < 1.29 is 9.59 Å². The summed E-state index contributed by atoms with van der Waals surface area (Å²) in [4.78, 5) is 24.9. The molecule has 5 nitrogen and oxygen atoms in total. The molecule has 96 valence electrons. The maximum absolute atomic E-state index is 12.1. The van der Waals surface area contributed by atoms with E-state index in [1.165, 1.54) is 4.90 Å². The van der Waals surface area contributed by atoms with Crippen LogP contribution in [0, 0.1) is 0 Å². The highest BCUT2D eigenvalue weighted by atomic mass is 16.2. The van der Waals surface area contributed by atoms with Crippen molar-refractivity contribution in [1.82, 2.24) is 10.2 Å². The summed E-state index contributed by atoms with van der Waals surface area (Å²) in [5.74, 6) is -0.486. The van der Waals surface area contributed by atoms with Gasteiger partial charge in [0.2, 0.25) is 11.8 Å². The molecule has 2 amide bonds. The van der Waals surface area contributed by atoms with E-state index in [1.54, 1.807) is 0 Å². The van der Waals surface area contributed by atoms with Gasteiger partial charge < -0.3 is 11.1 Å². The third-order valence-electron chi connectivity index (χ3n) is 2.97. The van der Waals surface area contributed by atoms with Crippen LogP contribution in [0.4, 0.5) is 0 Å². The van der Waals surface area contributed by atoms with E-state index in [2.05, 4.69) is 5.32 Å². The van der Waals surface area contributed by atoms with Crippen molar-refractivity contribution in [3.8, 4) is 0 Å². The molecule has 1 saturated heterocycles. The molecule has 1 aliphatic heterocycles. The van der Waals surface area contributed by atoms with E-state index in [0.717, 1.165) is 5.56 Å². The summed E-state index contributed by atoms with van der Waals surface area (Å²) in [7, 11) is 0. The number of hydrogen-bond acceptors (Lipinski definition) is 4. The van der Waals surface area contributed by atoms with Gasteiger partial charge in [-0.2, -0.15) is 0 Å². The number of rotatable bonds is 3. The van der Waals surface area contributed by atoms with Crippen LogP contribution < -0.4 is 11.1 Å². The van der Waals surface area contributed by atoms with Crippen LogP contribution in [0.15, 0.2) is 30.3 Å². The van der Waals surface area contributed by atoms with Crippen LogP contribution in [0.3, 0.4) is 0 Å². The second-order valence-corrected chi connectivity index (χ2v) is 4.36. The van der Waals surface area contributed by atoms with Gasteiger partial charge in [-0.1, -0.05) is 30.3 Å². The van der Waals surface area contributed by atoms with Gasteiger partial charge in [-0.15, -0.1) is 0 Å². The lowest BCUT2D eigenvalue weighted by atomic mass is 10.1. The van der Waals surface area contributed by atoms with E-state index in [-0.39, 0.29) is 18.4 Å². The summed E-state index contributed by atoms with van der Waals surface area (Å²) in [5.41, 5.74) is 6.88. The monoisotopic (exact) mass is 247 g/mol. The normalized spacial score (nSPS) is 17.6. The third-order valence-corrected chi connectivity index (χ3v) is 2.97. The number of hydrogen-bond donors (Lipinski definition) is 2. The fourth-order valence-electron chi connectivity index (χ4n) is 1.99. The highest BCUT2D eigenvalue weighted by molar-refractivity contribution is 5.99. The first-order chi connectivity index (χ1) is 8.68. The molecule has 0 bridgehead atoms. The fraction of sp³-hybridized carbons (Fsp3) is 0.385.